The highest BCUT2D eigenvalue weighted by Gasteiger charge is 2.15. The van der Waals surface area contributed by atoms with Gasteiger partial charge in [0, 0.05) is 19.1 Å². The zero-order chi connectivity index (χ0) is 11.8. The van der Waals surface area contributed by atoms with Crippen LogP contribution in [0.2, 0.25) is 0 Å². The van der Waals surface area contributed by atoms with Gasteiger partial charge in [-0.1, -0.05) is 0 Å². The van der Waals surface area contributed by atoms with E-state index in [0.717, 1.165) is 25.9 Å². The third-order valence-electron chi connectivity index (χ3n) is 2.64. The molecule has 96 valence electrons. The molecule has 1 fully saturated rings. The van der Waals surface area contributed by atoms with Gasteiger partial charge in [-0.15, -0.1) is 0 Å². The Morgan fingerprint density at radius 2 is 1.81 bits per heavy atom. The van der Waals surface area contributed by atoms with Crippen molar-refractivity contribution in [2.75, 3.05) is 26.2 Å². The van der Waals surface area contributed by atoms with Gasteiger partial charge in [0.25, 0.3) is 0 Å². The first-order chi connectivity index (χ1) is 7.68. The van der Waals surface area contributed by atoms with Crippen molar-refractivity contribution in [3.63, 3.8) is 0 Å². The van der Waals surface area contributed by atoms with E-state index in [9.17, 15) is 5.11 Å². The van der Waals surface area contributed by atoms with E-state index in [1.807, 2.05) is 0 Å². The quantitative estimate of drug-likeness (QED) is 0.228. The highest BCUT2D eigenvalue weighted by atomic mass is 16.3. The summed E-state index contributed by atoms with van der Waals surface area (Å²) in [6.07, 6.45) is 0.921. The van der Waals surface area contributed by atoms with Crippen molar-refractivity contribution in [1.82, 2.24) is 21.3 Å². The monoisotopic (exact) mass is 232 g/mol. The van der Waals surface area contributed by atoms with Crippen molar-refractivity contribution in [2.45, 2.75) is 38.4 Å². The third-order valence-corrected chi connectivity index (χ3v) is 2.64. The lowest BCUT2D eigenvalue weighted by Gasteiger charge is -2.26. The van der Waals surface area contributed by atoms with Crippen molar-refractivity contribution in [3.05, 3.63) is 0 Å². The van der Waals surface area contributed by atoms with Gasteiger partial charge in [0.05, 0.1) is 0 Å². The summed E-state index contributed by atoms with van der Waals surface area (Å²) in [5.74, 6) is 0. The molecular weight excluding hydrogens is 208 g/mol. The van der Waals surface area contributed by atoms with Crippen LogP contribution in [0.5, 0.6) is 0 Å². The summed E-state index contributed by atoms with van der Waals surface area (Å²) in [6.45, 7) is 4.93. The van der Waals surface area contributed by atoms with Crippen LogP contribution in [0.3, 0.4) is 0 Å². The summed E-state index contributed by atoms with van der Waals surface area (Å²) < 4.78 is 0. The minimum atomic E-state index is -0.668. The molecule has 0 saturated carbocycles. The summed E-state index contributed by atoms with van der Waals surface area (Å²) in [4.78, 5) is 0. The second kappa shape index (κ2) is 7.94. The smallest absolute Gasteiger partial charge is 0.160 e. The fourth-order valence-corrected chi connectivity index (χ4v) is 1.76. The molecule has 1 heterocycles. The van der Waals surface area contributed by atoms with Gasteiger partial charge in [-0.2, -0.15) is 0 Å². The topological polar surface area (TPSA) is 88.6 Å². The maximum absolute atomic E-state index is 9.63. The average Bonchev–Trinajstić information content (AvgIpc) is 2.25. The molecule has 0 radical (unpaired) electrons. The fraction of sp³-hybridized carbons (Fsp3) is 1.00. The molecule has 1 rings (SSSR count). The van der Waals surface area contributed by atoms with Crippen LogP contribution in [0.15, 0.2) is 0 Å². The summed E-state index contributed by atoms with van der Waals surface area (Å²) in [5, 5.41) is 30.8. The van der Waals surface area contributed by atoms with Gasteiger partial charge in [-0.3, -0.25) is 16.0 Å². The molecule has 0 spiro atoms. The molecule has 2 atom stereocenters. The zero-order valence-corrected chi connectivity index (χ0v) is 9.87. The number of piperidine rings is 1. The van der Waals surface area contributed by atoms with Gasteiger partial charge in [-0.05, 0) is 32.9 Å². The SMILES string of the molecule is CC(O)NCCNC(O)NC1CCNCC1. The van der Waals surface area contributed by atoms with Crippen molar-refractivity contribution in [2.24, 2.45) is 0 Å². The van der Waals surface area contributed by atoms with E-state index in [0.29, 0.717) is 19.1 Å². The van der Waals surface area contributed by atoms with Gasteiger partial charge < -0.3 is 15.5 Å². The molecule has 16 heavy (non-hydrogen) atoms. The highest BCUT2D eigenvalue weighted by molar-refractivity contribution is 4.74. The Morgan fingerprint density at radius 3 is 2.44 bits per heavy atom. The molecule has 6 nitrogen and oxygen atoms in total. The first-order valence-corrected chi connectivity index (χ1v) is 5.98. The Bertz CT molecular complexity index is 174. The minimum Gasteiger partial charge on any atom is -0.379 e. The molecule has 0 aromatic rings. The molecule has 2 unspecified atom stereocenters. The maximum atomic E-state index is 9.63. The largest absolute Gasteiger partial charge is 0.379 e. The van der Waals surface area contributed by atoms with Crippen molar-refractivity contribution < 1.29 is 10.2 Å². The molecule has 6 heteroatoms. The number of hydrogen-bond donors (Lipinski definition) is 6. The second-order valence-corrected chi connectivity index (χ2v) is 4.18. The molecule has 1 aliphatic heterocycles. The Labute approximate surface area is 96.8 Å². The standard InChI is InChI=1S/C10H24N4O2/c1-8(15)12-6-7-13-10(16)14-9-2-4-11-5-3-9/h8-16H,2-7H2,1H3. The summed E-state index contributed by atoms with van der Waals surface area (Å²) >= 11 is 0. The Balaban J connectivity index is 1.99. The van der Waals surface area contributed by atoms with Crippen molar-refractivity contribution in [3.8, 4) is 0 Å². The number of rotatable bonds is 7. The maximum Gasteiger partial charge on any atom is 0.160 e. The Morgan fingerprint density at radius 1 is 1.19 bits per heavy atom. The lowest BCUT2D eigenvalue weighted by atomic mass is 10.1. The van der Waals surface area contributed by atoms with Gasteiger partial charge in [0.15, 0.2) is 6.35 Å². The molecule has 0 amide bonds. The fourth-order valence-electron chi connectivity index (χ4n) is 1.76. The molecule has 0 aromatic heterocycles. The minimum absolute atomic E-state index is 0.383. The first kappa shape index (κ1) is 13.8. The van der Waals surface area contributed by atoms with E-state index >= 15 is 0 Å². The van der Waals surface area contributed by atoms with Gasteiger partial charge >= 0.3 is 0 Å². The first-order valence-electron chi connectivity index (χ1n) is 5.98. The van der Waals surface area contributed by atoms with Crippen LogP contribution in [-0.4, -0.2) is 55.0 Å². The molecule has 0 aliphatic carbocycles. The van der Waals surface area contributed by atoms with E-state index in [1.54, 1.807) is 6.92 Å². The molecule has 0 aromatic carbocycles. The second-order valence-electron chi connectivity index (χ2n) is 4.18. The van der Waals surface area contributed by atoms with Crippen LogP contribution in [0.4, 0.5) is 0 Å². The number of nitrogens with one attached hydrogen (secondary N) is 4. The Kier molecular flexibility index (Phi) is 6.86. The lowest BCUT2D eigenvalue weighted by Crippen LogP contribution is -2.51. The predicted octanol–water partition coefficient (Wildman–Crippen LogP) is -1.88. The molecule has 6 N–H and O–H groups in total. The lowest BCUT2D eigenvalue weighted by molar-refractivity contribution is 0.0803. The molecule has 1 saturated heterocycles. The van der Waals surface area contributed by atoms with Gasteiger partial charge in [-0.25, -0.2) is 0 Å². The summed E-state index contributed by atoms with van der Waals surface area (Å²) in [6, 6.07) is 0.383. The van der Waals surface area contributed by atoms with Crippen LogP contribution >= 0.6 is 0 Å². The molecule has 0 bridgehead atoms. The van der Waals surface area contributed by atoms with Crippen LogP contribution in [0.25, 0.3) is 0 Å². The number of aliphatic hydroxyl groups is 2. The Hall–Kier alpha value is -0.240. The van der Waals surface area contributed by atoms with Crippen LogP contribution in [0.1, 0.15) is 19.8 Å². The number of hydrogen-bond acceptors (Lipinski definition) is 6. The third kappa shape index (κ3) is 6.37. The molecular formula is C10H24N4O2. The van der Waals surface area contributed by atoms with Crippen LogP contribution < -0.4 is 21.3 Å². The van der Waals surface area contributed by atoms with E-state index in [-0.39, 0.29) is 0 Å². The molecule has 1 aliphatic rings. The van der Waals surface area contributed by atoms with E-state index < -0.39 is 12.6 Å². The van der Waals surface area contributed by atoms with Crippen LogP contribution in [-0.2, 0) is 0 Å². The zero-order valence-electron chi connectivity index (χ0n) is 9.87. The summed E-state index contributed by atoms with van der Waals surface area (Å²) in [5.41, 5.74) is 0. The summed E-state index contributed by atoms with van der Waals surface area (Å²) in [7, 11) is 0. The van der Waals surface area contributed by atoms with Gasteiger partial charge in [0.2, 0.25) is 0 Å². The van der Waals surface area contributed by atoms with E-state index in [1.165, 1.54) is 0 Å². The highest BCUT2D eigenvalue weighted by Crippen LogP contribution is 2.01. The van der Waals surface area contributed by atoms with E-state index in [4.69, 9.17) is 5.11 Å². The van der Waals surface area contributed by atoms with Crippen molar-refractivity contribution >= 4 is 0 Å². The van der Waals surface area contributed by atoms with Crippen LogP contribution in [0, 0.1) is 0 Å². The van der Waals surface area contributed by atoms with Gasteiger partial charge in [0.1, 0.15) is 6.23 Å². The van der Waals surface area contributed by atoms with Crippen molar-refractivity contribution in [1.29, 1.82) is 0 Å². The predicted molar refractivity (Wildman–Crippen MR) is 62.7 cm³/mol. The van der Waals surface area contributed by atoms with E-state index in [2.05, 4.69) is 21.3 Å². The normalized spacial score (nSPS) is 21.9. The average molecular weight is 232 g/mol. The number of aliphatic hydroxyl groups excluding tert-OH is 2.